The standard InChI is InChI=1S/C15H21ClFNO/c1-10(12-4-7-15(17)14(16)8-12)18-13-5-2-11(9-19)3-6-13/h4,7-8,10-11,13,18-19H,2-3,5-6,9H2,1H3. The monoisotopic (exact) mass is 285 g/mol. The van der Waals surface area contributed by atoms with Crippen LogP contribution in [-0.2, 0) is 0 Å². The molecule has 1 fully saturated rings. The van der Waals surface area contributed by atoms with Crippen LogP contribution in [-0.4, -0.2) is 17.8 Å². The summed E-state index contributed by atoms with van der Waals surface area (Å²) in [5.41, 5.74) is 1.01. The third-order valence-electron chi connectivity index (χ3n) is 4.03. The molecule has 1 atom stereocenters. The van der Waals surface area contributed by atoms with E-state index in [1.54, 1.807) is 12.1 Å². The fraction of sp³-hybridized carbons (Fsp3) is 0.600. The Hall–Kier alpha value is -0.640. The van der Waals surface area contributed by atoms with Crippen molar-refractivity contribution >= 4 is 11.6 Å². The van der Waals surface area contributed by atoms with E-state index in [0.29, 0.717) is 18.6 Å². The minimum atomic E-state index is -0.374. The van der Waals surface area contributed by atoms with Crippen molar-refractivity contribution in [1.82, 2.24) is 5.32 Å². The smallest absolute Gasteiger partial charge is 0.141 e. The molecule has 0 radical (unpaired) electrons. The van der Waals surface area contributed by atoms with E-state index in [9.17, 15) is 4.39 Å². The molecule has 106 valence electrons. The highest BCUT2D eigenvalue weighted by atomic mass is 35.5. The fourth-order valence-electron chi connectivity index (χ4n) is 2.74. The molecule has 0 aromatic heterocycles. The maximum atomic E-state index is 13.1. The zero-order valence-corrected chi connectivity index (χ0v) is 12.0. The molecule has 1 saturated carbocycles. The van der Waals surface area contributed by atoms with E-state index in [1.165, 1.54) is 6.07 Å². The lowest BCUT2D eigenvalue weighted by Gasteiger charge is -2.30. The van der Waals surface area contributed by atoms with Crippen LogP contribution in [0, 0.1) is 11.7 Å². The average Bonchev–Trinajstić information content (AvgIpc) is 2.42. The van der Waals surface area contributed by atoms with E-state index >= 15 is 0 Å². The first-order chi connectivity index (χ1) is 9.10. The van der Waals surface area contributed by atoms with Crippen LogP contribution in [0.25, 0.3) is 0 Å². The van der Waals surface area contributed by atoms with Gasteiger partial charge in [-0.05, 0) is 56.2 Å². The van der Waals surface area contributed by atoms with Gasteiger partial charge in [-0.1, -0.05) is 17.7 Å². The predicted octanol–water partition coefficient (Wildman–Crippen LogP) is 3.68. The average molecular weight is 286 g/mol. The highest BCUT2D eigenvalue weighted by Crippen LogP contribution is 2.27. The van der Waals surface area contributed by atoms with Gasteiger partial charge in [-0.25, -0.2) is 4.39 Å². The molecule has 0 spiro atoms. The summed E-state index contributed by atoms with van der Waals surface area (Å²) < 4.78 is 13.1. The van der Waals surface area contributed by atoms with E-state index in [0.717, 1.165) is 31.2 Å². The van der Waals surface area contributed by atoms with Crippen molar-refractivity contribution < 1.29 is 9.50 Å². The van der Waals surface area contributed by atoms with Gasteiger partial charge in [0.15, 0.2) is 0 Å². The predicted molar refractivity (Wildman–Crippen MR) is 75.8 cm³/mol. The number of rotatable bonds is 4. The Labute approximate surface area is 119 Å². The molecule has 1 aliphatic carbocycles. The Morgan fingerprint density at radius 2 is 2.05 bits per heavy atom. The molecule has 0 aliphatic heterocycles. The Kier molecular flexibility index (Phi) is 5.20. The molecule has 0 bridgehead atoms. The summed E-state index contributed by atoms with van der Waals surface area (Å²) in [4.78, 5) is 0. The second-order valence-corrected chi connectivity index (χ2v) is 5.87. The van der Waals surface area contributed by atoms with Crippen LogP contribution in [0.3, 0.4) is 0 Å². The Morgan fingerprint density at radius 1 is 1.37 bits per heavy atom. The van der Waals surface area contributed by atoms with E-state index in [2.05, 4.69) is 12.2 Å². The maximum Gasteiger partial charge on any atom is 0.141 e. The number of hydrogen-bond acceptors (Lipinski definition) is 2. The van der Waals surface area contributed by atoms with Crippen molar-refractivity contribution in [3.05, 3.63) is 34.6 Å². The molecule has 2 rings (SSSR count). The molecular weight excluding hydrogens is 265 g/mol. The van der Waals surface area contributed by atoms with Gasteiger partial charge in [-0.15, -0.1) is 0 Å². The van der Waals surface area contributed by atoms with Crippen LogP contribution in [0.15, 0.2) is 18.2 Å². The van der Waals surface area contributed by atoms with Crippen molar-refractivity contribution in [1.29, 1.82) is 0 Å². The number of aliphatic hydroxyl groups excluding tert-OH is 1. The third kappa shape index (κ3) is 3.91. The molecule has 2 N–H and O–H groups in total. The lowest BCUT2D eigenvalue weighted by molar-refractivity contribution is 0.172. The van der Waals surface area contributed by atoms with Crippen molar-refractivity contribution in [3.8, 4) is 0 Å². The lowest BCUT2D eigenvalue weighted by Crippen LogP contribution is -2.35. The molecule has 1 aromatic rings. The summed E-state index contributed by atoms with van der Waals surface area (Å²) >= 11 is 5.81. The Morgan fingerprint density at radius 3 is 2.63 bits per heavy atom. The molecule has 19 heavy (non-hydrogen) atoms. The number of benzene rings is 1. The van der Waals surface area contributed by atoms with Gasteiger partial charge in [0.05, 0.1) is 5.02 Å². The van der Waals surface area contributed by atoms with Crippen molar-refractivity contribution in [2.24, 2.45) is 5.92 Å². The van der Waals surface area contributed by atoms with Gasteiger partial charge in [0.1, 0.15) is 5.82 Å². The zero-order chi connectivity index (χ0) is 13.8. The summed E-state index contributed by atoms with van der Waals surface area (Å²) in [5.74, 6) is 0.0923. The van der Waals surface area contributed by atoms with Gasteiger partial charge in [0.2, 0.25) is 0 Å². The van der Waals surface area contributed by atoms with E-state index in [4.69, 9.17) is 16.7 Å². The first-order valence-corrected chi connectivity index (χ1v) is 7.29. The van der Waals surface area contributed by atoms with Gasteiger partial charge < -0.3 is 10.4 Å². The van der Waals surface area contributed by atoms with E-state index in [-0.39, 0.29) is 16.9 Å². The van der Waals surface area contributed by atoms with Crippen LogP contribution in [0.4, 0.5) is 4.39 Å². The zero-order valence-electron chi connectivity index (χ0n) is 11.2. The number of aliphatic hydroxyl groups is 1. The van der Waals surface area contributed by atoms with Gasteiger partial charge in [0.25, 0.3) is 0 Å². The van der Waals surface area contributed by atoms with Crippen molar-refractivity contribution in [3.63, 3.8) is 0 Å². The highest BCUT2D eigenvalue weighted by Gasteiger charge is 2.22. The second-order valence-electron chi connectivity index (χ2n) is 5.46. The quantitative estimate of drug-likeness (QED) is 0.884. The van der Waals surface area contributed by atoms with Gasteiger partial charge in [-0.2, -0.15) is 0 Å². The highest BCUT2D eigenvalue weighted by molar-refractivity contribution is 6.30. The largest absolute Gasteiger partial charge is 0.396 e. The molecule has 1 aromatic carbocycles. The van der Waals surface area contributed by atoms with Crippen LogP contribution in [0.1, 0.15) is 44.2 Å². The van der Waals surface area contributed by atoms with Crippen molar-refractivity contribution in [2.75, 3.05) is 6.61 Å². The minimum Gasteiger partial charge on any atom is -0.396 e. The van der Waals surface area contributed by atoms with Crippen LogP contribution >= 0.6 is 11.6 Å². The Balaban J connectivity index is 1.90. The summed E-state index contributed by atoms with van der Waals surface area (Å²) in [6.45, 7) is 2.37. The molecule has 0 amide bonds. The topological polar surface area (TPSA) is 32.3 Å². The first-order valence-electron chi connectivity index (χ1n) is 6.92. The number of nitrogens with one attached hydrogen (secondary N) is 1. The summed E-state index contributed by atoms with van der Waals surface area (Å²) in [7, 11) is 0. The van der Waals surface area contributed by atoms with Gasteiger partial charge in [-0.3, -0.25) is 0 Å². The molecule has 0 heterocycles. The minimum absolute atomic E-state index is 0.161. The summed E-state index contributed by atoms with van der Waals surface area (Å²) in [6.07, 6.45) is 4.32. The molecule has 0 saturated heterocycles. The number of hydrogen-bond donors (Lipinski definition) is 2. The van der Waals surface area contributed by atoms with Crippen molar-refractivity contribution in [2.45, 2.75) is 44.7 Å². The normalized spacial score (nSPS) is 25.3. The fourth-order valence-corrected chi connectivity index (χ4v) is 2.93. The third-order valence-corrected chi connectivity index (χ3v) is 4.32. The summed E-state index contributed by atoms with van der Waals surface area (Å²) in [5, 5.41) is 12.9. The molecular formula is C15H21ClFNO. The van der Waals surface area contributed by atoms with Crippen LogP contribution < -0.4 is 5.32 Å². The van der Waals surface area contributed by atoms with E-state index < -0.39 is 0 Å². The van der Waals surface area contributed by atoms with E-state index in [1.807, 2.05) is 0 Å². The van der Waals surface area contributed by atoms with Gasteiger partial charge >= 0.3 is 0 Å². The second kappa shape index (κ2) is 6.69. The molecule has 1 unspecified atom stereocenters. The van der Waals surface area contributed by atoms with Gasteiger partial charge in [0, 0.05) is 18.7 Å². The van der Waals surface area contributed by atoms with Crippen LogP contribution in [0.5, 0.6) is 0 Å². The first kappa shape index (κ1) is 14.8. The molecule has 1 aliphatic rings. The Bertz CT molecular complexity index is 419. The maximum absolute atomic E-state index is 13.1. The molecule has 2 nitrogen and oxygen atoms in total. The summed E-state index contributed by atoms with van der Waals surface area (Å²) in [6, 6.07) is 5.51. The SMILES string of the molecule is CC(NC1CCC(CO)CC1)c1ccc(F)c(Cl)c1. The number of halogens is 2. The molecule has 4 heteroatoms. The lowest BCUT2D eigenvalue weighted by atomic mass is 9.86. The van der Waals surface area contributed by atoms with Crippen LogP contribution in [0.2, 0.25) is 5.02 Å².